The van der Waals surface area contributed by atoms with E-state index >= 15 is 0 Å². The Morgan fingerprint density at radius 3 is 2.83 bits per heavy atom. The highest BCUT2D eigenvalue weighted by atomic mass is 16.5. The van der Waals surface area contributed by atoms with Crippen LogP contribution in [0.15, 0.2) is 36.7 Å². The summed E-state index contributed by atoms with van der Waals surface area (Å²) >= 11 is 0. The minimum atomic E-state index is -0.278. The summed E-state index contributed by atoms with van der Waals surface area (Å²) in [6.07, 6.45) is 6.34. The molecule has 3 heterocycles. The third kappa shape index (κ3) is 3.11. The van der Waals surface area contributed by atoms with Crippen LogP contribution in [0.1, 0.15) is 30.4 Å². The number of likely N-dealkylation sites (tertiary alicyclic amines) is 1. The molecule has 0 saturated carbocycles. The van der Waals surface area contributed by atoms with E-state index < -0.39 is 0 Å². The number of aliphatic hydroxyl groups is 1. The molecule has 2 fully saturated rings. The lowest BCUT2D eigenvalue weighted by Crippen LogP contribution is -2.44. The van der Waals surface area contributed by atoms with Gasteiger partial charge in [-0.25, -0.2) is 4.68 Å². The first-order valence-electron chi connectivity index (χ1n) is 8.78. The van der Waals surface area contributed by atoms with Crippen molar-refractivity contribution in [2.24, 2.45) is 0 Å². The number of aromatic nitrogens is 2. The van der Waals surface area contributed by atoms with Crippen molar-refractivity contribution >= 4 is 0 Å². The Morgan fingerprint density at radius 2 is 2.17 bits per heavy atom. The molecule has 5 nitrogen and oxygen atoms in total. The molecular weight excluding hydrogens is 302 g/mol. The van der Waals surface area contributed by atoms with Crippen LogP contribution in [0.5, 0.6) is 0 Å². The van der Waals surface area contributed by atoms with Gasteiger partial charge in [-0.15, -0.1) is 0 Å². The Bertz CT molecular complexity index is 691. The molecule has 2 aliphatic rings. The van der Waals surface area contributed by atoms with Gasteiger partial charge in [-0.05, 0) is 37.5 Å². The quantitative estimate of drug-likeness (QED) is 0.940. The molecule has 1 N–H and O–H groups in total. The number of hydrogen-bond acceptors (Lipinski definition) is 4. The standard InChI is InChI=1S/C19H25N3O2/c1-15-3-4-18(22-8-2-7-20-22)16(11-15)13-21-9-5-19(6-10-21)12-17(23)14-24-19/h2-4,7-8,11,17,23H,5-6,9-10,12-14H2,1H3/t17-/m0/s1. The molecule has 0 amide bonds. The highest BCUT2D eigenvalue weighted by Gasteiger charge is 2.42. The van der Waals surface area contributed by atoms with Gasteiger partial charge in [0.2, 0.25) is 0 Å². The van der Waals surface area contributed by atoms with Gasteiger partial charge in [0.15, 0.2) is 0 Å². The number of nitrogens with zero attached hydrogens (tertiary/aromatic N) is 3. The molecule has 2 aromatic rings. The number of aryl methyl sites for hydroxylation is 1. The van der Waals surface area contributed by atoms with Crippen LogP contribution in [-0.2, 0) is 11.3 Å². The van der Waals surface area contributed by atoms with E-state index in [2.05, 4.69) is 35.1 Å². The Morgan fingerprint density at radius 1 is 1.33 bits per heavy atom. The summed E-state index contributed by atoms with van der Waals surface area (Å²) in [6.45, 7) is 5.59. The summed E-state index contributed by atoms with van der Waals surface area (Å²) in [5.74, 6) is 0. The highest BCUT2D eigenvalue weighted by molar-refractivity contribution is 5.42. The van der Waals surface area contributed by atoms with Gasteiger partial charge in [0.05, 0.1) is 24.0 Å². The lowest BCUT2D eigenvalue weighted by molar-refractivity contribution is -0.0456. The smallest absolute Gasteiger partial charge is 0.0801 e. The Labute approximate surface area is 142 Å². The second kappa shape index (κ2) is 6.31. The molecule has 1 aromatic carbocycles. The minimum Gasteiger partial charge on any atom is -0.391 e. The summed E-state index contributed by atoms with van der Waals surface area (Å²) in [7, 11) is 0. The third-order valence-corrected chi connectivity index (χ3v) is 5.34. The van der Waals surface area contributed by atoms with Crippen LogP contribution in [0.4, 0.5) is 0 Å². The molecule has 1 spiro atoms. The topological polar surface area (TPSA) is 50.5 Å². The molecule has 1 atom stereocenters. The molecular formula is C19H25N3O2. The maximum absolute atomic E-state index is 9.77. The van der Waals surface area contributed by atoms with Crippen LogP contribution in [0.2, 0.25) is 0 Å². The highest BCUT2D eigenvalue weighted by Crippen LogP contribution is 2.36. The summed E-state index contributed by atoms with van der Waals surface area (Å²) in [6, 6.07) is 8.51. The first kappa shape index (κ1) is 15.8. The number of ether oxygens (including phenoxy) is 1. The van der Waals surface area contributed by atoms with Gasteiger partial charge in [-0.2, -0.15) is 5.10 Å². The molecule has 128 valence electrons. The summed E-state index contributed by atoms with van der Waals surface area (Å²) in [4.78, 5) is 2.49. The minimum absolute atomic E-state index is 0.0761. The molecule has 4 rings (SSSR count). The zero-order valence-electron chi connectivity index (χ0n) is 14.2. The SMILES string of the molecule is Cc1ccc(-n2cccn2)c(CN2CCC3(CC2)C[C@H](O)CO3)c1. The van der Waals surface area contributed by atoms with E-state index in [9.17, 15) is 5.11 Å². The van der Waals surface area contributed by atoms with Crippen LogP contribution in [-0.4, -0.2) is 51.2 Å². The third-order valence-electron chi connectivity index (χ3n) is 5.34. The van der Waals surface area contributed by atoms with Crippen molar-refractivity contribution in [3.05, 3.63) is 47.8 Å². The fourth-order valence-corrected chi connectivity index (χ4v) is 4.00. The van der Waals surface area contributed by atoms with Gasteiger partial charge in [-0.1, -0.05) is 17.7 Å². The first-order chi connectivity index (χ1) is 11.6. The Kier molecular flexibility index (Phi) is 4.16. The van der Waals surface area contributed by atoms with Crippen molar-refractivity contribution in [1.82, 2.24) is 14.7 Å². The van der Waals surface area contributed by atoms with Gasteiger partial charge in [0.1, 0.15) is 0 Å². The summed E-state index contributed by atoms with van der Waals surface area (Å²) < 4.78 is 7.84. The number of aliphatic hydroxyl groups excluding tert-OH is 1. The molecule has 0 bridgehead atoms. The van der Waals surface area contributed by atoms with Crippen LogP contribution in [0.3, 0.4) is 0 Å². The van der Waals surface area contributed by atoms with E-state index in [1.54, 1.807) is 0 Å². The van der Waals surface area contributed by atoms with Crippen molar-refractivity contribution in [2.45, 2.75) is 44.4 Å². The van der Waals surface area contributed by atoms with Crippen LogP contribution in [0.25, 0.3) is 5.69 Å². The Hall–Kier alpha value is -1.69. The zero-order chi connectivity index (χ0) is 16.6. The average Bonchev–Trinajstić information content (AvgIpc) is 3.21. The summed E-state index contributed by atoms with van der Waals surface area (Å²) in [5, 5.41) is 14.2. The van der Waals surface area contributed by atoms with E-state index in [1.807, 2.05) is 23.1 Å². The first-order valence-corrected chi connectivity index (χ1v) is 8.78. The monoisotopic (exact) mass is 327 g/mol. The Balaban J connectivity index is 1.48. The predicted octanol–water partition coefficient (Wildman–Crippen LogP) is 2.30. The fraction of sp³-hybridized carbons (Fsp3) is 0.526. The van der Waals surface area contributed by atoms with Gasteiger partial charge in [0, 0.05) is 38.4 Å². The van der Waals surface area contributed by atoms with Gasteiger partial charge < -0.3 is 9.84 Å². The van der Waals surface area contributed by atoms with Gasteiger partial charge in [-0.3, -0.25) is 4.90 Å². The lowest BCUT2D eigenvalue weighted by atomic mass is 9.88. The maximum Gasteiger partial charge on any atom is 0.0801 e. The van der Waals surface area contributed by atoms with Crippen molar-refractivity contribution in [3.8, 4) is 5.69 Å². The molecule has 0 radical (unpaired) electrons. The largest absolute Gasteiger partial charge is 0.391 e. The second-order valence-electron chi connectivity index (χ2n) is 7.21. The van der Waals surface area contributed by atoms with Crippen LogP contribution < -0.4 is 0 Å². The van der Waals surface area contributed by atoms with Crippen molar-refractivity contribution in [2.75, 3.05) is 19.7 Å². The second-order valence-corrected chi connectivity index (χ2v) is 7.21. The molecule has 2 aliphatic heterocycles. The van der Waals surface area contributed by atoms with Gasteiger partial charge in [0.25, 0.3) is 0 Å². The number of piperidine rings is 1. The van der Waals surface area contributed by atoms with E-state index in [-0.39, 0.29) is 11.7 Å². The van der Waals surface area contributed by atoms with E-state index in [0.717, 1.165) is 44.6 Å². The van der Waals surface area contributed by atoms with E-state index in [0.29, 0.717) is 6.61 Å². The number of benzene rings is 1. The number of rotatable bonds is 3. The average molecular weight is 327 g/mol. The van der Waals surface area contributed by atoms with Crippen molar-refractivity contribution in [3.63, 3.8) is 0 Å². The van der Waals surface area contributed by atoms with Crippen LogP contribution in [0, 0.1) is 6.92 Å². The lowest BCUT2D eigenvalue weighted by Gasteiger charge is -2.38. The predicted molar refractivity (Wildman–Crippen MR) is 92.1 cm³/mol. The molecule has 1 aromatic heterocycles. The van der Waals surface area contributed by atoms with Crippen molar-refractivity contribution < 1.29 is 9.84 Å². The zero-order valence-corrected chi connectivity index (χ0v) is 14.2. The van der Waals surface area contributed by atoms with Crippen molar-refractivity contribution in [1.29, 1.82) is 0 Å². The molecule has 2 saturated heterocycles. The van der Waals surface area contributed by atoms with E-state index in [1.165, 1.54) is 11.1 Å². The molecule has 0 unspecified atom stereocenters. The normalized spacial score (nSPS) is 23.8. The van der Waals surface area contributed by atoms with Crippen LogP contribution >= 0.6 is 0 Å². The molecule has 5 heteroatoms. The fourth-order valence-electron chi connectivity index (χ4n) is 4.00. The maximum atomic E-state index is 9.77. The molecule has 24 heavy (non-hydrogen) atoms. The van der Waals surface area contributed by atoms with E-state index in [4.69, 9.17) is 4.74 Å². The number of hydrogen-bond donors (Lipinski definition) is 1. The van der Waals surface area contributed by atoms with Gasteiger partial charge >= 0.3 is 0 Å². The molecule has 0 aliphatic carbocycles. The summed E-state index contributed by atoms with van der Waals surface area (Å²) in [5.41, 5.74) is 3.66.